The Morgan fingerprint density at radius 3 is 2.76 bits per heavy atom. The Hall–Kier alpha value is -1.33. The zero-order chi connectivity index (χ0) is 17.5. The third-order valence-corrected chi connectivity index (χ3v) is 2.94. The Balaban J connectivity index is 0.00000576. The minimum atomic E-state index is -0.133. The lowest BCUT2D eigenvalue weighted by molar-refractivity contribution is -0.119. The summed E-state index contributed by atoms with van der Waals surface area (Å²) in [6.07, 6.45) is 2.45. The molecule has 3 N–H and O–H groups in total. The molecule has 0 aromatic carbocycles. The van der Waals surface area contributed by atoms with Crippen molar-refractivity contribution >= 4 is 35.8 Å². The van der Waals surface area contributed by atoms with Crippen molar-refractivity contribution in [1.29, 1.82) is 0 Å². The number of furan rings is 1. The van der Waals surface area contributed by atoms with Crippen LogP contribution in [0.4, 0.5) is 0 Å². The summed E-state index contributed by atoms with van der Waals surface area (Å²) in [6, 6.07) is 3.72. The first-order chi connectivity index (χ1) is 11.8. The summed E-state index contributed by atoms with van der Waals surface area (Å²) in [5.74, 6) is 1.30. The van der Waals surface area contributed by atoms with Gasteiger partial charge in [-0.05, 0) is 25.5 Å². The molecule has 0 fully saturated rings. The van der Waals surface area contributed by atoms with Crippen molar-refractivity contribution in [3.8, 4) is 0 Å². The van der Waals surface area contributed by atoms with E-state index in [-0.39, 0.29) is 36.4 Å². The minimum Gasteiger partial charge on any atom is -0.467 e. The second-order valence-electron chi connectivity index (χ2n) is 4.95. The van der Waals surface area contributed by atoms with Gasteiger partial charge >= 0.3 is 0 Å². The van der Waals surface area contributed by atoms with Crippen LogP contribution in [0.2, 0.25) is 0 Å². The maximum absolute atomic E-state index is 11.6. The number of methoxy groups -OCH3 is 1. The molecule has 1 rings (SSSR count). The highest BCUT2D eigenvalue weighted by molar-refractivity contribution is 14.0. The Morgan fingerprint density at radius 2 is 2.08 bits per heavy atom. The van der Waals surface area contributed by atoms with Crippen molar-refractivity contribution in [2.45, 2.75) is 20.0 Å². The number of nitrogens with one attached hydrogen (secondary N) is 3. The maximum atomic E-state index is 11.6. The monoisotopic (exact) mass is 468 g/mol. The molecule has 0 unspecified atom stereocenters. The van der Waals surface area contributed by atoms with Crippen molar-refractivity contribution in [2.75, 3.05) is 46.5 Å². The Labute approximate surface area is 166 Å². The van der Waals surface area contributed by atoms with Crippen LogP contribution >= 0.6 is 24.0 Å². The van der Waals surface area contributed by atoms with Crippen LogP contribution in [-0.2, 0) is 20.9 Å². The van der Waals surface area contributed by atoms with E-state index < -0.39 is 0 Å². The SMILES string of the molecule is CCNC(=NCC(=O)NCCOC)NCCCOCc1ccco1.I. The summed E-state index contributed by atoms with van der Waals surface area (Å²) in [6.45, 7) is 5.55. The summed E-state index contributed by atoms with van der Waals surface area (Å²) in [5, 5.41) is 8.99. The zero-order valence-electron chi connectivity index (χ0n) is 14.9. The van der Waals surface area contributed by atoms with E-state index in [1.165, 1.54) is 0 Å². The lowest BCUT2D eigenvalue weighted by atomic mass is 10.4. The summed E-state index contributed by atoms with van der Waals surface area (Å²) in [4.78, 5) is 15.8. The molecular formula is C16H29IN4O4. The molecule has 1 aromatic rings. The Bertz CT molecular complexity index is 469. The van der Waals surface area contributed by atoms with Gasteiger partial charge in [-0.15, -0.1) is 24.0 Å². The third-order valence-electron chi connectivity index (χ3n) is 2.94. The van der Waals surface area contributed by atoms with Crippen LogP contribution in [0.15, 0.2) is 27.8 Å². The highest BCUT2D eigenvalue weighted by Crippen LogP contribution is 2.01. The molecule has 1 amide bonds. The molecule has 144 valence electrons. The van der Waals surface area contributed by atoms with Crippen LogP contribution in [0, 0.1) is 0 Å². The fraction of sp³-hybridized carbons (Fsp3) is 0.625. The number of carbonyl (C=O) groups is 1. The van der Waals surface area contributed by atoms with Gasteiger partial charge in [0.2, 0.25) is 5.91 Å². The number of amides is 1. The van der Waals surface area contributed by atoms with Gasteiger partial charge in [0.25, 0.3) is 0 Å². The van der Waals surface area contributed by atoms with E-state index in [0.717, 1.165) is 18.7 Å². The topological polar surface area (TPSA) is 97.1 Å². The summed E-state index contributed by atoms with van der Waals surface area (Å²) < 4.78 is 15.6. The van der Waals surface area contributed by atoms with Crippen LogP contribution in [0.3, 0.4) is 0 Å². The molecule has 0 spiro atoms. The van der Waals surface area contributed by atoms with E-state index in [0.29, 0.717) is 38.9 Å². The third kappa shape index (κ3) is 12.7. The first-order valence-electron chi connectivity index (χ1n) is 8.14. The predicted octanol–water partition coefficient (Wildman–Crippen LogP) is 1.12. The number of nitrogens with zero attached hydrogens (tertiary/aromatic N) is 1. The molecular weight excluding hydrogens is 439 g/mol. The van der Waals surface area contributed by atoms with E-state index >= 15 is 0 Å². The van der Waals surface area contributed by atoms with Gasteiger partial charge < -0.3 is 29.8 Å². The molecule has 0 aliphatic rings. The molecule has 0 radical (unpaired) electrons. The average molecular weight is 468 g/mol. The van der Waals surface area contributed by atoms with Crippen molar-refractivity contribution < 1.29 is 18.7 Å². The lowest BCUT2D eigenvalue weighted by Crippen LogP contribution is -2.39. The molecule has 1 aromatic heterocycles. The second-order valence-corrected chi connectivity index (χ2v) is 4.95. The zero-order valence-corrected chi connectivity index (χ0v) is 17.2. The number of hydrogen-bond acceptors (Lipinski definition) is 5. The van der Waals surface area contributed by atoms with Gasteiger partial charge in [-0.1, -0.05) is 0 Å². The maximum Gasteiger partial charge on any atom is 0.241 e. The number of guanidine groups is 1. The molecule has 8 nitrogen and oxygen atoms in total. The standard InChI is InChI=1S/C16H28N4O4.HI/c1-3-17-16(20-12-15(21)18-8-11-22-2)19-7-5-9-23-13-14-6-4-10-24-14;/h4,6,10H,3,5,7-9,11-13H2,1-2H3,(H,18,21)(H2,17,19,20);1H. The molecule has 0 bridgehead atoms. The average Bonchev–Trinajstić information content (AvgIpc) is 3.09. The van der Waals surface area contributed by atoms with Crippen molar-refractivity contribution in [3.63, 3.8) is 0 Å². The number of hydrogen-bond donors (Lipinski definition) is 3. The van der Waals surface area contributed by atoms with Gasteiger partial charge in [0.1, 0.15) is 18.9 Å². The van der Waals surface area contributed by atoms with E-state index in [9.17, 15) is 4.79 Å². The van der Waals surface area contributed by atoms with Gasteiger partial charge in [0.15, 0.2) is 5.96 Å². The minimum absolute atomic E-state index is 0. The highest BCUT2D eigenvalue weighted by Gasteiger charge is 2.02. The number of halogens is 1. The highest BCUT2D eigenvalue weighted by atomic mass is 127. The number of aliphatic imine (C=N–C) groups is 1. The quantitative estimate of drug-likeness (QED) is 0.184. The van der Waals surface area contributed by atoms with Crippen LogP contribution in [0.5, 0.6) is 0 Å². The smallest absolute Gasteiger partial charge is 0.241 e. The normalized spacial score (nSPS) is 10.9. The molecule has 0 aliphatic heterocycles. The van der Waals surface area contributed by atoms with Gasteiger partial charge in [-0.2, -0.15) is 0 Å². The first-order valence-corrected chi connectivity index (χ1v) is 8.14. The van der Waals surface area contributed by atoms with E-state index in [1.807, 2.05) is 19.1 Å². The Morgan fingerprint density at radius 1 is 1.24 bits per heavy atom. The van der Waals surface area contributed by atoms with Gasteiger partial charge in [0.05, 0.1) is 12.9 Å². The summed E-state index contributed by atoms with van der Waals surface area (Å²) >= 11 is 0. The van der Waals surface area contributed by atoms with Crippen LogP contribution in [-0.4, -0.2) is 58.4 Å². The summed E-state index contributed by atoms with van der Waals surface area (Å²) in [5.41, 5.74) is 0. The van der Waals surface area contributed by atoms with E-state index in [2.05, 4.69) is 20.9 Å². The van der Waals surface area contributed by atoms with Crippen LogP contribution < -0.4 is 16.0 Å². The van der Waals surface area contributed by atoms with Crippen LogP contribution in [0.25, 0.3) is 0 Å². The van der Waals surface area contributed by atoms with Crippen molar-refractivity contribution in [2.24, 2.45) is 4.99 Å². The predicted molar refractivity (Wildman–Crippen MR) is 107 cm³/mol. The lowest BCUT2D eigenvalue weighted by Gasteiger charge is -2.11. The van der Waals surface area contributed by atoms with Gasteiger partial charge in [-0.3, -0.25) is 4.79 Å². The summed E-state index contributed by atoms with van der Waals surface area (Å²) in [7, 11) is 1.59. The number of ether oxygens (including phenoxy) is 2. The fourth-order valence-electron chi connectivity index (χ4n) is 1.79. The van der Waals surface area contributed by atoms with Gasteiger partial charge in [-0.25, -0.2) is 4.99 Å². The van der Waals surface area contributed by atoms with Crippen LogP contribution in [0.1, 0.15) is 19.1 Å². The largest absolute Gasteiger partial charge is 0.467 e. The molecule has 0 atom stereocenters. The molecule has 9 heteroatoms. The first kappa shape index (κ1) is 23.7. The number of carbonyl (C=O) groups excluding carboxylic acids is 1. The molecule has 0 saturated carbocycles. The molecule has 25 heavy (non-hydrogen) atoms. The molecule has 0 aliphatic carbocycles. The van der Waals surface area contributed by atoms with Crippen molar-refractivity contribution in [1.82, 2.24) is 16.0 Å². The fourth-order valence-corrected chi connectivity index (χ4v) is 1.79. The molecule has 1 heterocycles. The number of rotatable bonds is 12. The Kier molecular flexibility index (Phi) is 15.3. The molecule has 0 saturated heterocycles. The van der Waals surface area contributed by atoms with Crippen molar-refractivity contribution in [3.05, 3.63) is 24.2 Å². The van der Waals surface area contributed by atoms with Gasteiger partial charge in [0, 0.05) is 33.4 Å². The second kappa shape index (κ2) is 16.2. The van der Waals surface area contributed by atoms with E-state index in [1.54, 1.807) is 13.4 Å². The van der Waals surface area contributed by atoms with E-state index in [4.69, 9.17) is 13.9 Å².